The van der Waals surface area contributed by atoms with Crippen molar-refractivity contribution < 1.29 is 27.6 Å². The molecule has 0 aromatic heterocycles. The zero-order valence-corrected chi connectivity index (χ0v) is 17.0. The number of aryl methyl sites for hydroxylation is 4. The molecule has 2 aromatic rings. The maximum absolute atomic E-state index is 9.04. The first-order valence-electron chi connectivity index (χ1n) is 6.50. The van der Waals surface area contributed by atoms with Crippen molar-refractivity contribution in [2.24, 2.45) is 0 Å². The van der Waals surface area contributed by atoms with Gasteiger partial charge in [-0.1, -0.05) is 42.1 Å². The average molecular weight is 381 g/mol. The largest absolute Gasteiger partial charge is 0.508 e. The number of halogens is 1. The quantitative estimate of drug-likeness (QED) is 0.636. The monoisotopic (exact) mass is 380 g/mol. The molecule has 0 aliphatic heterocycles. The molecule has 2 rings (SSSR count). The van der Waals surface area contributed by atoms with Crippen molar-refractivity contribution in [3.8, 4) is 11.5 Å². The van der Waals surface area contributed by atoms with Gasteiger partial charge in [0.25, 0.3) is 0 Å². The summed E-state index contributed by atoms with van der Waals surface area (Å²) in [6, 6.07) is 11.1. The van der Waals surface area contributed by atoms with Crippen LogP contribution in [0.25, 0.3) is 0 Å². The summed E-state index contributed by atoms with van der Waals surface area (Å²) in [5.74, 6) is 0.751. The summed E-state index contributed by atoms with van der Waals surface area (Å²) in [7, 11) is 2.42. The molecule has 0 aliphatic rings. The van der Waals surface area contributed by atoms with Gasteiger partial charge in [-0.2, -0.15) is 0 Å². The Morgan fingerprint density at radius 1 is 0.682 bits per heavy atom. The molecule has 0 saturated carbocycles. The average Bonchev–Trinajstić information content (AvgIpc) is 2.42. The molecule has 22 heavy (non-hydrogen) atoms. The van der Waals surface area contributed by atoms with E-state index in [2.05, 4.69) is 9.24 Å². The molecule has 5 heteroatoms. The van der Waals surface area contributed by atoms with Gasteiger partial charge in [0.15, 0.2) is 0 Å². The van der Waals surface area contributed by atoms with Crippen molar-refractivity contribution in [2.45, 2.75) is 27.7 Å². The van der Waals surface area contributed by atoms with Crippen LogP contribution in [-0.4, -0.2) is 16.9 Å². The fraction of sp³-hybridized carbons (Fsp3) is 0.294. The van der Waals surface area contributed by atoms with E-state index < -0.39 is 0 Å². The standard InChI is InChI=1S/2C8H10O.CH5P.ClH.Cr/c2*1-6-3-4-8(9)7(2)5-6;1-2;;/h2*3-5,9H,1-2H3;2H2,1H3;1H;. The van der Waals surface area contributed by atoms with Gasteiger partial charge in [0, 0.05) is 17.4 Å². The fourth-order valence-corrected chi connectivity index (χ4v) is 1.61. The first-order chi connectivity index (χ1) is 9.40. The molecule has 124 valence electrons. The van der Waals surface area contributed by atoms with Gasteiger partial charge in [0.1, 0.15) is 11.5 Å². The number of phenols is 2. The molecule has 1 unspecified atom stereocenters. The van der Waals surface area contributed by atoms with Crippen LogP contribution >= 0.6 is 21.6 Å². The van der Waals surface area contributed by atoms with Crippen LogP contribution < -0.4 is 0 Å². The van der Waals surface area contributed by atoms with Crippen LogP contribution in [0.3, 0.4) is 0 Å². The summed E-state index contributed by atoms with van der Waals surface area (Å²) < 4.78 is 0. The summed E-state index contributed by atoms with van der Waals surface area (Å²) in [5, 5.41) is 18.1. The Bertz CT molecular complexity index is 499. The minimum Gasteiger partial charge on any atom is -0.508 e. The Kier molecular flexibility index (Phi) is 16.6. The van der Waals surface area contributed by atoms with Gasteiger partial charge in [-0.25, -0.2) is 0 Å². The number of hydrogen-bond acceptors (Lipinski definition) is 2. The van der Waals surface area contributed by atoms with Gasteiger partial charge in [0.2, 0.25) is 0 Å². The normalized spacial score (nSPS) is 8.09. The Labute approximate surface area is 153 Å². The molecule has 2 aromatic carbocycles. The maximum atomic E-state index is 9.04. The van der Waals surface area contributed by atoms with Gasteiger partial charge < -0.3 is 10.2 Å². The number of hydrogen-bond donors (Lipinski definition) is 2. The van der Waals surface area contributed by atoms with Crippen LogP contribution in [-0.2, 0) is 17.4 Å². The zero-order valence-electron chi connectivity index (χ0n) is 13.8. The molecule has 2 nitrogen and oxygen atoms in total. The van der Waals surface area contributed by atoms with E-state index in [1.807, 2.05) is 58.6 Å². The van der Waals surface area contributed by atoms with Gasteiger partial charge >= 0.3 is 0 Å². The fourth-order valence-electron chi connectivity index (χ4n) is 1.61. The first-order valence-corrected chi connectivity index (χ1v) is 7.66. The Hall–Kier alpha value is -0.708. The van der Waals surface area contributed by atoms with Crippen molar-refractivity contribution in [1.29, 1.82) is 0 Å². The van der Waals surface area contributed by atoms with Crippen molar-refractivity contribution >= 4 is 21.6 Å². The van der Waals surface area contributed by atoms with Crippen molar-refractivity contribution in [2.75, 3.05) is 6.66 Å². The second-order valence-corrected chi connectivity index (χ2v) is 4.58. The molecule has 0 saturated heterocycles. The summed E-state index contributed by atoms with van der Waals surface area (Å²) >= 11 is 0. The summed E-state index contributed by atoms with van der Waals surface area (Å²) in [4.78, 5) is 0. The molecule has 0 aliphatic carbocycles. The van der Waals surface area contributed by atoms with Crippen LogP contribution in [0.4, 0.5) is 0 Å². The molecule has 0 amide bonds. The summed E-state index contributed by atoms with van der Waals surface area (Å²) in [6.07, 6.45) is 0. The van der Waals surface area contributed by atoms with E-state index >= 15 is 0 Å². The van der Waals surface area contributed by atoms with Crippen LogP contribution in [0.5, 0.6) is 11.5 Å². The minimum atomic E-state index is 0. The van der Waals surface area contributed by atoms with E-state index in [1.54, 1.807) is 12.1 Å². The summed E-state index contributed by atoms with van der Waals surface area (Å²) in [5.41, 5.74) is 4.25. The van der Waals surface area contributed by atoms with Crippen molar-refractivity contribution in [3.63, 3.8) is 0 Å². The molecular weight excluding hydrogens is 355 g/mol. The number of benzene rings is 2. The predicted octanol–water partition coefficient (Wildman–Crippen LogP) is 4.93. The van der Waals surface area contributed by atoms with Gasteiger partial charge in [-0.15, -0.1) is 21.6 Å². The smallest absolute Gasteiger partial charge is 0.118 e. The van der Waals surface area contributed by atoms with E-state index in [0.717, 1.165) is 11.1 Å². The van der Waals surface area contributed by atoms with E-state index in [-0.39, 0.29) is 29.8 Å². The Morgan fingerprint density at radius 3 is 1.14 bits per heavy atom. The Morgan fingerprint density at radius 2 is 0.955 bits per heavy atom. The van der Waals surface area contributed by atoms with E-state index in [4.69, 9.17) is 10.2 Å². The second kappa shape index (κ2) is 13.9. The molecule has 0 radical (unpaired) electrons. The molecule has 0 bridgehead atoms. The molecule has 0 fully saturated rings. The van der Waals surface area contributed by atoms with Crippen molar-refractivity contribution in [3.05, 3.63) is 58.7 Å². The Balaban J connectivity index is -0.000000273. The van der Waals surface area contributed by atoms with Gasteiger partial charge in [-0.05, 0) is 51.0 Å². The molecular formula is C17H26ClCrO2P. The van der Waals surface area contributed by atoms with Crippen LogP contribution in [0.1, 0.15) is 22.3 Å². The summed E-state index contributed by atoms with van der Waals surface area (Å²) in [6.45, 7) is 9.71. The number of phenolic OH excluding ortho intramolecular Hbond substituents is 2. The molecule has 1 atom stereocenters. The number of aromatic hydroxyl groups is 2. The van der Waals surface area contributed by atoms with E-state index in [9.17, 15) is 0 Å². The van der Waals surface area contributed by atoms with Gasteiger partial charge in [-0.3, -0.25) is 0 Å². The van der Waals surface area contributed by atoms with E-state index in [1.165, 1.54) is 11.1 Å². The van der Waals surface area contributed by atoms with Crippen molar-refractivity contribution in [1.82, 2.24) is 0 Å². The second-order valence-electron chi connectivity index (χ2n) is 4.58. The third-order valence-electron chi connectivity index (χ3n) is 2.70. The van der Waals surface area contributed by atoms with Crippen LogP contribution in [0.2, 0.25) is 0 Å². The first kappa shape index (κ1) is 26.2. The molecule has 0 heterocycles. The maximum Gasteiger partial charge on any atom is 0.118 e. The predicted molar refractivity (Wildman–Crippen MR) is 98.0 cm³/mol. The third-order valence-corrected chi connectivity index (χ3v) is 2.70. The van der Waals surface area contributed by atoms with Crippen LogP contribution in [0, 0.1) is 27.7 Å². The molecule has 2 N–H and O–H groups in total. The van der Waals surface area contributed by atoms with E-state index in [0.29, 0.717) is 11.5 Å². The molecule has 0 spiro atoms. The zero-order chi connectivity index (χ0) is 15.7. The van der Waals surface area contributed by atoms with Crippen LogP contribution in [0.15, 0.2) is 36.4 Å². The van der Waals surface area contributed by atoms with Gasteiger partial charge in [0.05, 0.1) is 0 Å². The number of rotatable bonds is 0. The SMILES string of the molecule is CP.Cc1ccc(O)c(C)c1.Cc1ccc(O)c(C)c1.Cl.[Cr]. The topological polar surface area (TPSA) is 40.5 Å². The minimum absolute atomic E-state index is 0. The third kappa shape index (κ3) is 10.1.